The first-order valence-electron chi connectivity index (χ1n) is 9.01. The van der Waals surface area contributed by atoms with Crippen LogP contribution in [-0.4, -0.2) is 5.88 Å². The Labute approximate surface area is 150 Å². The number of rotatable bonds is 10. The van der Waals surface area contributed by atoms with Crippen molar-refractivity contribution in [1.29, 1.82) is 0 Å². The van der Waals surface area contributed by atoms with Gasteiger partial charge in [-0.1, -0.05) is 0 Å². The molecule has 0 nitrogen and oxygen atoms in total. The van der Waals surface area contributed by atoms with Crippen molar-refractivity contribution in [1.82, 2.24) is 0 Å². The monoisotopic (exact) mass is 395 g/mol. The van der Waals surface area contributed by atoms with Gasteiger partial charge in [-0.2, -0.15) is 0 Å². The Morgan fingerprint density at radius 1 is 0.909 bits per heavy atom. The normalized spacial score (nSPS) is 17.2. The van der Waals surface area contributed by atoms with Crippen LogP contribution in [0.15, 0.2) is 42.0 Å². The maximum atomic E-state index is 6.22. The fraction of sp³-hybridized carbons (Fsp3) is 0.600. The topological polar surface area (TPSA) is 0 Å². The average molecular weight is 397 g/mol. The van der Waals surface area contributed by atoms with Gasteiger partial charge in [-0.05, 0) is 0 Å². The quantitative estimate of drug-likeness (QED) is 0.346. The van der Waals surface area contributed by atoms with Crippen LogP contribution in [0.3, 0.4) is 0 Å². The summed E-state index contributed by atoms with van der Waals surface area (Å²) >= 11 is 4.51. The average Bonchev–Trinajstić information content (AvgIpc) is 3.17. The zero-order valence-corrected chi connectivity index (χ0v) is 17.5. The second-order valence-electron chi connectivity index (χ2n) is 6.35. The van der Waals surface area contributed by atoms with Crippen LogP contribution in [0.4, 0.5) is 0 Å². The Kier molecular flexibility index (Phi) is 8.47. The molecular formula is C20H30ClZr. The Bertz CT molecular complexity index is 440. The minimum absolute atomic E-state index is 0.851. The van der Waals surface area contributed by atoms with Gasteiger partial charge in [-0.15, -0.1) is 0 Å². The molecule has 0 bridgehead atoms. The second kappa shape index (κ2) is 10.1. The number of halogens is 1. The molecule has 0 aliphatic heterocycles. The SMILES string of the molecule is CCCCC1=[C]([Zr]([CH2]CCl)[C]2=C(CCCC)C=CC2)CC=C1. The van der Waals surface area contributed by atoms with Gasteiger partial charge in [0, 0.05) is 0 Å². The predicted molar refractivity (Wildman–Crippen MR) is 96.1 cm³/mol. The molecular weight excluding hydrogens is 367 g/mol. The fourth-order valence-electron chi connectivity index (χ4n) is 3.52. The molecule has 0 amide bonds. The van der Waals surface area contributed by atoms with E-state index in [-0.39, 0.29) is 0 Å². The zero-order valence-electron chi connectivity index (χ0n) is 14.3. The number of hydrogen-bond acceptors (Lipinski definition) is 0. The third-order valence-electron chi connectivity index (χ3n) is 4.73. The molecule has 0 fully saturated rings. The molecule has 0 saturated heterocycles. The van der Waals surface area contributed by atoms with Gasteiger partial charge in [0.15, 0.2) is 0 Å². The summed E-state index contributed by atoms with van der Waals surface area (Å²) in [6, 6.07) is 0. The van der Waals surface area contributed by atoms with Gasteiger partial charge < -0.3 is 0 Å². The van der Waals surface area contributed by atoms with Crippen molar-refractivity contribution in [2.24, 2.45) is 0 Å². The third kappa shape index (κ3) is 4.81. The molecule has 0 aromatic heterocycles. The molecule has 2 rings (SSSR count). The minimum atomic E-state index is -1.71. The zero-order chi connectivity index (χ0) is 15.8. The summed E-state index contributed by atoms with van der Waals surface area (Å²) in [5, 5.41) is 0. The van der Waals surface area contributed by atoms with Crippen molar-refractivity contribution in [3.05, 3.63) is 42.0 Å². The maximum absolute atomic E-state index is 6.22. The molecule has 2 aliphatic rings. The molecule has 121 valence electrons. The molecule has 0 heterocycles. The second-order valence-corrected chi connectivity index (χ2v) is 13.3. The van der Waals surface area contributed by atoms with Gasteiger partial charge in [-0.25, -0.2) is 0 Å². The first-order valence-corrected chi connectivity index (χ1v) is 13.7. The number of hydrogen-bond donors (Lipinski definition) is 0. The Morgan fingerprint density at radius 2 is 1.41 bits per heavy atom. The third-order valence-corrected chi connectivity index (χ3v) is 13.7. The summed E-state index contributed by atoms with van der Waals surface area (Å²) in [7, 11) is 0. The van der Waals surface area contributed by atoms with Crippen molar-refractivity contribution >= 4 is 11.6 Å². The molecule has 22 heavy (non-hydrogen) atoms. The standard InChI is InChI=1S/2C9H13.C2H4Cl.Zr/c2*1-2-3-6-9-7-4-5-8-9;1-2-3;/h2*4,7H,2-3,5-6H2,1H3;1-2H2;. The molecule has 0 unspecified atom stereocenters. The van der Waals surface area contributed by atoms with Gasteiger partial charge in [0.2, 0.25) is 0 Å². The first kappa shape index (κ1) is 18.5. The van der Waals surface area contributed by atoms with Crippen molar-refractivity contribution in [2.45, 2.75) is 69.3 Å². The molecule has 0 spiro atoms. The van der Waals surface area contributed by atoms with E-state index in [0.717, 1.165) is 5.88 Å². The van der Waals surface area contributed by atoms with Crippen molar-refractivity contribution < 1.29 is 21.8 Å². The van der Waals surface area contributed by atoms with Gasteiger partial charge in [-0.3, -0.25) is 0 Å². The van der Waals surface area contributed by atoms with Crippen LogP contribution < -0.4 is 0 Å². The Balaban J connectivity index is 2.22. The molecule has 2 aliphatic carbocycles. The molecule has 0 atom stereocenters. The van der Waals surface area contributed by atoms with E-state index in [1.165, 1.54) is 55.5 Å². The van der Waals surface area contributed by atoms with E-state index in [0.29, 0.717) is 0 Å². The van der Waals surface area contributed by atoms with Gasteiger partial charge in [0.05, 0.1) is 0 Å². The summed E-state index contributed by atoms with van der Waals surface area (Å²) in [6.07, 6.45) is 20.0. The summed E-state index contributed by atoms with van der Waals surface area (Å²) in [5.74, 6) is 0.851. The Morgan fingerprint density at radius 3 is 1.82 bits per heavy atom. The van der Waals surface area contributed by atoms with Gasteiger partial charge in [0.25, 0.3) is 0 Å². The van der Waals surface area contributed by atoms with Crippen LogP contribution in [0.5, 0.6) is 0 Å². The van der Waals surface area contributed by atoms with Crippen LogP contribution in [0, 0.1) is 0 Å². The predicted octanol–water partition coefficient (Wildman–Crippen LogP) is 7.07. The molecule has 0 radical (unpaired) electrons. The van der Waals surface area contributed by atoms with E-state index in [2.05, 4.69) is 38.2 Å². The van der Waals surface area contributed by atoms with Crippen molar-refractivity contribution in [2.75, 3.05) is 5.88 Å². The van der Waals surface area contributed by atoms with Gasteiger partial charge in [0.1, 0.15) is 0 Å². The molecule has 2 heteroatoms. The van der Waals surface area contributed by atoms with Gasteiger partial charge >= 0.3 is 151 Å². The number of alkyl halides is 1. The molecule has 0 N–H and O–H groups in total. The molecule has 0 aromatic rings. The number of unbranched alkanes of at least 4 members (excludes halogenated alkanes) is 2. The summed E-state index contributed by atoms with van der Waals surface area (Å²) in [4.78, 5) is 0. The van der Waals surface area contributed by atoms with Crippen molar-refractivity contribution in [3.8, 4) is 0 Å². The van der Waals surface area contributed by atoms with E-state index in [1.807, 2.05) is 6.56 Å². The Hall–Kier alpha value is 0.133. The van der Waals surface area contributed by atoms with Crippen LogP contribution in [0.25, 0.3) is 0 Å². The molecule has 0 saturated carbocycles. The van der Waals surface area contributed by atoms with Crippen LogP contribution in [0.2, 0.25) is 4.13 Å². The fourth-order valence-corrected chi connectivity index (χ4v) is 12.2. The summed E-state index contributed by atoms with van der Waals surface area (Å²) in [6.45, 7) is 4.59. The van der Waals surface area contributed by atoms with Crippen LogP contribution >= 0.6 is 11.6 Å². The van der Waals surface area contributed by atoms with E-state index in [9.17, 15) is 0 Å². The van der Waals surface area contributed by atoms with E-state index in [1.54, 1.807) is 11.1 Å². The first-order chi connectivity index (χ1) is 10.8. The number of allylic oxidation sites excluding steroid dienone is 8. The summed E-state index contributed by atoms with van der Waals surface area (Å²) in [5.41, 5.74) is 3.38. The van der Waals surface area contributed by atoms with Crippen LogP contribution in [0.1, 0.15) is 65.2 Å². The summed E-state index contributed by atoms with van der Waals surface area (Å²) < 4.78 is 5.02. The van der Waals surface area contributed by atoms with E-state index < -0.39 is 21.8 Å². The molecule has 0 aromatic carbocycles. The van der Waals surface area contributed by atoms with Crippen molar-refractivity contribution in [3.63, 3.8) is 0 Å². The van der Waals surface area contributed by atoms with E-state index in [4.69, 9.17) is 11.6 Å². The van der Waals surface area contributed by atoms with E-state index >= 15 is 0 Å². The van der Waals surface area contributed by atoms with Crippen LogP contribution in [-0.2, 0) is 21.8 Å².